The van der Waals surface area contributed by atoms with Crippen LogP contribution in [0, 0.1) is 0 Å². The van der Waals surface area contributed by atoms with Crippen molar-refractivity contribution >= 4 is 5.95 Å². The summed E-state index contributed by atoms with van der Waals surface area (Å²) in [6.45, 7) is 0. The highest BCUT2D eigenvalue weighted by Crippen LogP contribution is 2.38. The zero-order valence-electron chi connectivity index (χ0n) is 10.1. The Morgan fingerprint density at radius 3 is 2.11 bits per heavy atom. The Hall–Kier alpha value is -1.37. The Kier molecular flexibility index (Phi) is 2.88. The van der Waals surface area contributed by atoms with Gasteiger partial charge >= 0.3 is 6.18 Å². The number of alkyl halides is 3. The Bertz CT molecular complexity index is 448. The predicted molar refractivity (Wildman–Crippen MR) is 61.6 cm³/mol. The highest BCUT2D eigenvalue weighted by Gasteiger charge is 2.41. The molecule has 104 valence electrons. The lowest BCUT2D eigenvalue weighted by molar-refractivity contribution is -0.138. The van der Waals surface area contributed by atoms with Gasteiger partial charge in [-0.1, -0.05) is 0 Å². The van der Waals surface area contributed by atoms with Gasteiger partial charge in [0.05, 0.1) is 11.7 Å². The zero-order chi connectivity index (χ0) is 13.6. The number of aromatic nitrogens is 2. The molecule has 4 nitrogen and oxygen atoms in total. The van der Waals surface area contributed by atoms with Gasteiger partial charge in [0.2, 0.25) is 5.95 Å². The SMILES string of the molecule is OC1C[C@H]2CC[C@@H](C1)N2c1ncc(C(F)(F)F)cn1. The number of aliphatic hydroxyl groups excluding tert-OH is 1. The molecular formula is C12H14F3N3O. The zero-order valence-corrected chi connectivity index (χ0v) is 10.1. The first-order valence-electron chi connectivity index (χ1n) is 6.31. The van der Waals surface area contributed by atoms with E-state index in [2.05, 4.69) is 9.97 Å². The van der Waals surface area contributed by atoms with Gasteiger partial charge < -0.3 is 10.0 Å². The van der Waals surface area contributed by atoms with Crippen LogP contribution in [-0.4, -0.2) is 33.3 Å². The highest BCUT2D eigenvalue weighted by atomic mass is 19.4. The van der Waals surface area contributed by atoms with Crippen molar-refractivity contribution in [2.24, 2.45) is 0 Å². The number of rotatable bonds is 1. The van der Waals surface area contributed by atoms with E-state index in [9.17, 15) is 18.3 Å². The molecule has 7 heteroatoms. The van der Waals surface area contributed by atoms with E-state index in [1.54, 1.807) is 0 Å². The summed E-state index contributed by atoms with van der Waals surface area (Å²) in [6, 6.07) is 0.288. The number of hydrogen-bond acceptors (Lipinski definition) is 4. The molecule has 19 heavy (non-hydrogen) atoms. The molecule has 3 heterocycles. The summed E-state index contributed by atoms with van der Waals surface area (Å²) in [5.41, 5.74) is -0.833. The van der Waals surface area contributed by atoms with Crippen molar-refractivity contribution in [1.29, 1.82) is 0 Å². The molecule has 2 fully saturated rings. The molecule has 0 spiro atoms. The second-order valence-electron chi connectivity index (χ2n) is 5.19. The van der Waals surface area contributed by atoms with E-state index in [1.165, 1.54) is 0 Å². The Balaban J connectivity index is 1.84. The minimum atomic E-state index is -4.41. The van der Waals surface area contributed by atoms with Crippen molar-refractivity contribution in [2.75, 3.05) is 4.90 Å². The van der Waals surface area contributed by atoms with Gasteiger partial charge in [0.1, 0.15) is 0 Å². The molecule has 2 saturated heterocycles. The van der Waals surface area contributed by atoms with Crippen LogP contribution >= 0.6 is 0 Å². The maximum atomic E-state index is 12.5. The van der Waals surface area contributed by atoms with Gasteiger partial charge in [-0.15, -0.1) is 0 Å². The van der Waals surface area contributed by atoms with Crippen molar-refractivity contribution in [3.05, 3.63) is 18.0 Å². The van der Waals surface area contributed by atoms with E-state index >= 15 is 0 Å². The molecule has 2 aliphatic rings. The second-order valence-corrected chi connectivity index (χ2v) is 5.19. The molecule has 3 atom stereocenters. The molecule has 1 aromatic heterocycles. The van der Waals surface area contributed by atoms with E-state index in [0.717, 1.165) is 25.2 Å². The molecule has 0 aliphatic carbocycles. The maximum absolute atomic E-state index is 12.5. The molecule has 1 unspecified atom stereocenters. The molecule has 2 bridgehead atoms. The maximum Gasteiger partial charge on any atom is 0.419 e. The third-order valence-corrected chi connectivity index (χ3v) is 3.90. The third kappa shape index (κ3) is 2.27. The summed E-state index contributed by atoms with van der Waals surface area (Å²) in [5.74, 6) is 0.340. The molecule has 0 amide bonds. The standard InChI is InChI=1S/C12H14F3N3O/c13-12(14,15)7-5-16-11(17-6-7)18-8-1-2-9(18)4-10(19)3-8/h5-6,8-10,19H,1-4H2/t8-,9+,10?. The fourth-order valence-electron chi connectivity index (χ4n) is 3.08. The van der Waals surface area contributed by atoms with Crippen molar-refractivity contribution < 1.29 is 18.3 Å². The topological polar surface area (TPSA) is 49.2 Å². The molecule has 0 radical (unpaired) electrons. The van der Waals surface area contributed by atoms with Gasteiger partial charge in [0, 0.05) is 24.5 Å². The summed E-state index contributed by atoms with van der Waals surface area (Å²) in [7, 11) is 0. The van der Waals surface area contributed by atoms with E-state index in [-0.39, 0.29) is 18.2 Å². The predicted octanol–water partition coefficient (Wildman–Crippen LogP) is 1.99. The number of piperidine rings is 1. The van der Waals surface area contributed by atoms with Crippen LogP contribution in [0.1, 0.15) is 31.2 Å². The van der Waals surface area contributed by atoms with Crippen LogP contribution in [0.3, 0.4) is 0 Å². The quantitative estimate of drug-likeness (QED) is 0.850. The van der Waals surface area contributed by atoms with Gasteiger partial charge in [0.25, 0.3) is 0 Å². The average Bonchev–Trinajstić information content (AvgIpc) is 2.61. The number of hydrogen-bond donors (Lipinski definition) is 1. The first kappa shape index (κ1) is 12.7. The first-order chi connectivity index (χ1) is 8.95. The lowest BCUT2D eigenvalue weighted by Gasteiger charge is -2.37. The van der Waals surface area contributed by atoms with Crippen LogP contribution in [0.2, 0.25) is 0 Å². The monoisotopic (exact) mass is 273 g/mol. The van der Waals surface area contributed by atoms with Crippen LogP contribution in [0.25, 0.3) is 0 Å². The van der Waals surface area contributed by atoms with Gasteiger partial charge in [-0.25, -0.2) is 9.97 Å². The van der Waals surface area contributed by atoms with Crippen LogP contribution < -0.4 is 4.90 Å². The third-order valence-electron chi connectivity index (χ3n) is 3.90. The van der Waals surface area contributed by atoms with Crippen LogP contribution in [0.4, 0.5) is 19.1 Å². The Morgan fingerprint density at radius 2 is 1.63 bits per heavy atom. The minimum Gasteiger partial charge on any atom is -0.393 e. The fourth-order valence-corrected chi connectivity index (χ4v) is 3.08. The summed E-state index contributed by atoms with van der Waals surface area (Å²) < 4.78 is 37.4. The normalized spacial score (nSPS) is 30.7. The number of aliphatic hydroxyl groups is 1. The van der Waals surface area contributed by atoms with Crippen molar-refractivity contribution in [3.8, 4) is 0 Å². The number of fused-ring (bicyclic) bond motifs is 2. The fraction of sp³-hybridized carbons (Fsp3) is 0.667. The summed E-state index contributed by atoms with van der Waals surface area (Å²) in [6.07, 6.45) is 0.0815. The lowest BCUT2D eigenvalue weighted by Crippen LogP contribution is -2.45. The summed E-state index contributed by atoms with van der Waals surface area (Å²) >= 11 is 0. The van der Waals surface area contributed by atoms with Crippen molar-refractivity contribution in [3.63, 3.8) is 0 Å². The largest absolute Gasteiger partial charge is 0.419 e. The highest BCUT2D eigenvalue weighted by molar-refractivity contribution is 5.37. The molecule has 1 aromatic rings. The van der Waals surface area contributed by atoms with Crippen LogP contribution in [0.15, 0.2) is 12.4 Å². The van der Waals surface area contributed by atoms with Crippen LogP contribution in [0.5, 0.6) is 0 Å². The number of nitrogens with zero attached hydrogens (tertiary/aromatic N) is 3. The summed E-state index contributed by atoms with van der Waals surface area (Å²) in [4.78, 5) is 9.66. The van der Waals surface area contributed by atoms with Gasteiger partial charge in [0.15, 0.2) is 0 Å². The van der Waals surface area contributed by atoms with Gasteiger partial charge in [-0.2, -0.15) is 13.2 Å². The molecule has 0 aromatic carbocycles. The molecule has 0 saturated carbocycles. The van der Waals surface area contributed by atoms with Crippen molar-refractivity contribution in [1.82, 2.24) is 9.97 Å². The molecule has 3 rings (SSSR count). The minimum absolute atomic E-state index is 0.144. The van der Waals surface area contributed by atoms with E-state index in [0.29, 0.717) is 18.8 Å². The molecule has 2 aliphatic heterocycles. The Morgan fingerprint density at radius 1 is 1.11 bits per heavy atom. The van der Waals surface area contributed by atoms with E-state index in [1.807, 2.05) is 4.90 Å². The number of halogens is 3. The second kappa shape index (κ2) is 4.33. The number of anilines is 1. The molecule has 1 N–H and O–H groups in total. The smallest absolute Gasteiger partial charge is 0.393 e. The van der Waals surface area contributed by atoms with Gasteiger partial charge in [-0.3, -0.25) is 0 Å². The van der Waals surface area contributed by atoms with E-state index < -0.39 is 11.7 Å². The molecular weight excluding hydrogens is 259 g/mol. The first-order valence-corrected chi connectivity index (χ1v) is 6.31. The van der Waals surface area contributed by atoms with Gasteiger partial charge in [-0.05, 0) is 25.7 Å². The lowest BCUT2D eigenvalue weighted by atomic mass is 10.0. The summed E-state index contributed by atoms with van der Waals surface area (Å²) in [5, 5.41) is 9.69. The van der Waals surface area contributed by atoms with Crippen LogP contribution in [-0.2, 0) is 6.18 Å². The average molecular weight is 273 g/mol. The van der Waals surface area contributed by atoms with E-state index in [4.69, 9.17) is 0 Å². The Labute approximate surface area is 108 Å². The van der Waals surface area contributed by atoms with Crippen molar-refractivity contribution in [2.45, 2.75) is 50.0 Å².